The molecule has 0 aliphatic heterocycles. The van der Waals surface area contributed by atoms with Crippen LogP contribution in [0.1, 0.15) is 35.2 Å². The molecule has 1 fully saturated rings. The molecule has 1 saturated carbocycles. The average molecular weight is 492 g/mol. The van der Waals surface area contributed by atoms with Gasteiger partial charge in [0.25, 0.3) is 5.91 Å². The second kappa shape index (κ2) is 11.2. The summed E-state index contributed by atoms with van der Waals surface area (Å²) in [5.41, 5.74) is 5.56. The fraction of sp³-hybridized carbons (Fsp3) is 0.375. The highest BCUT2D eigenvalue weighted by atomic mass is 19.4. The Morgan fingerprint density at radius 3 is 2.46 bits per heavy atom. The zero-order valence-electron chi connectivity index (χ0n) is 19.0. The number of nitrogens with zero attached hydrogens (tertiary/aromatic N) is 1. The van der Waals surface area contributed by atoms with Crippen LogP contribution >= 0.6 is 0 Å². The summed E-state index contributed by atoms with van der Waals surface area (Å²) in [6.45, 7) is -0.450. The Bertz CT molecular complexity index is 1050. The van der Waals surface area contributed by atoms with Crippen LogP contribution in [0.3, 0.4) is 0 Å². The molecule has 0 heterocycles. The summed E-state index contributed by atoms with van der Waals surface area (Å²) in [7, 11) is 1.26. The van der Waals surface area contributed by atoms with Crippen molar-refractivity contribution in [1.82, 2.24) is 10.6 Å². The number of carbonyl (C=O) groups excluding carboxylic acids is 3. The topological polar surface area (TPSA) is 114 Å². The third kappa shape index (κ3) is 6.72. The molecular weight excluding hydrogens is 465 g/mol. The van der Waals surface area contributed by atoms with Gasteiger partial charge in [-0.15, -0.1) is 0 Å². The van der Waals surface area contributed by atoms with Crippen molar-refractivity contribution in [3.05, 3.63) is 65.7 Å². The number of hydrogen-bond donors (Lipinski definition) is 3. The zero-order valence-corrected chi connectivity index (χ0v) is 19.0. The zero-order chi connectivity index (χ0) is 25.6. The Labute approximate surface area is 200 Å². The van der Waals surface area contributed by atoms with Crippen molar-refractivity contribution in [2.45, 2.75) is 43.6 Å². The maximum absolute atomic E-state index is 12.9. The highest BCUT2D eigenvalue weighted by Crippen LogP contribution is 2.30. The van der Waals surface area contributed by atoms with E-state index in [0.29, 0.717) is 24.9 Å². The molecule has 1 aliphatic carbocycles. The minimum Gasteiger partial charge on any atom is -0.452 e. The lowest BCUT2D eigenvalue weighted by Crippen LogP contribution is -2.59. The molecule has 1 aliphatic rings. The summed E-state index contributed by atoms with van der Waals surface area (Å²) in [4.78, 5) is 39.0. The quantitative estimate of drug-likeness (QED) is 0.574. The molecular formula is C24H27F3N4O4. The molecule has 35 heavy (non-hydrogen) atoms. The van der Waals surface area contributed by atoms with Gasteiger partial charge in [0.1, 0.15) is 0 Å². The third-order valence-electron chi connectivity index (χ3n) is 5.80. The predicted octanol–water partition coefficient (Wildman–Crippen LogP) is 3.07. The van der Waals surface area contributed by atoms with Gasteiger partial charge in [-0.25, -0.2) is 4.79 Å². The average Bonchev–Trinajstić information content (AvgIpc) is 2.84. The first-order valence-electron chi connectivity index (χ1n) is 11.0. The Hall–Kier alpha value is -3.60. The monoisotopic (exact) mass is 492 g/mol. The number of benzene rings is 2. The number of para-hydroxylation sites is 1. The highest BCUT2D eigenvalue weighted by Gasteiger charge is 2.38. The number of halogens is 3. The lowest BCUT2D eigenvalue weighted by Gasteiger charge is -2.41. The van der Waals surface area contributed by atoms with Gasteiger partial charge in [-0.2, -0.15) is 13.2 Å². The van der Waals surface area contributed by atoms with Crippen LogP contribution in [0, 0.1) is 0 Å². The number of carbonyl (C=O) groups is 3. The van der Waals surface area contributed by atoms with Gasteiger partial charge in [-0.3, -0.25) is 14.5 Å². The van der Waals surface area contributed by atoms with E-state index in [2.05, 4.69) is 10.6 Å². The normalized spacial score (nSPS) is 20.0. The van der Waals surface area contributed by atoms with Crippen LogP contribution in [0.2, 0.25) is 0 Å². The molecule has 4 N–H and O–H groups in total. The Morgan fingerprint density at radius 1 is 1.09 bits per heavy atom. The van der Waals surface area contributed by atoms with Crippen LogP contribution < -0.4 is 21.3 Å². The van der Waals surface area contributed by atoms with Gasteiger partial charge in [0.2, 0.25) is 5.91 Å². The number of amides is 3. The van der Waals surface area contributed by atoms with Gasteiger partial charge < -0.3 is 21.1 Å². The highest BCUT2D eigenvalue weighted by molar-refractivity contribution is 5.96. The Balaban J connectivity index is 1.69. The first-order chi connectivity index (χ1) is 16.6. The molecule has 2 aromatic rings. The van der Waals surface area contributed by atoms with E-state index in [9.17, 15) is 27.6 Å². The molecule has 2 aromatic carbocycles. The van der Waals surface area contributed by atoms with Crippen molar-refractivity contribution in [1.29, 1.82) is 0 Å². The first-order valence-corrected chi connectivity index (χ1v) is 11.0. The van der Waals surface area contributed by atoms with Gasteiger partial charge in [-0.1, -0.05) is 24.3 Å². The summed E-state index contributed by atoms with van der Waals surface area (Å²) >= 11 is 0. The molecule has 0 saturated heterocycles. The van der Waals surface area contributed by atoms with Crippen molar-refractivity contribution in [2.24, 2.45) is 5.73 Å². The summed E-state index contributed by atoms with van der Waals surface area (Å²) in [6, 6.07) is 11.6. The lowest BCUT2D eigenvalue weighted by molar-refractivity contribution is -0.137. The fourth-order valence-electron chi connectivity index (χ4n) is 4.11. The molecule has 0 radical (unpaired) electrons. The second-order valence-corrected chi connectivity index (χ2v) is 8.25. The second-order valence-electron chi connectivity index (χ2n) is 8.25. The van der Waals surface area contributed by atoms with Gasteiger partial charge in [0.05, 0.1) is 25.3 Å². The summed E-state index contributed by atoms with van der Waals surface area (Å²) in [5.74, 6) is -1.36. The van der Waals surface area contributed by atoms with Crippen LogP contribution in [-0.4, -0.2) is 49.7 Å². The van der Waals surface area contributed by atoms with Crippen molar-refractivity contribution in [3.8, 4) is 0 Å². The minimum atomic E-state index is -4.59. The summed E-state index contributed by atoms with van der Waals surface area (Å²) in [6.07, 6.45) is -3.69. The van der Waals surface area contributed by atoms with E-state index in [1.807, 2.05) is 0 Å². The van der Waals surface area contributed by atoms with E-state index in [-0.39, 0.29) is 11.6 Å². The van der Waals surface area contributed by atoms with Gasteiger partial charge in [0, 0.05) is 23.3 Å². The number of ether oxygens (including phenoxy) is 1. The lowest BCUT2D eigenvalue weighted by atomic mass is 9.85. The van der Waals surface area contributed by atoms with Crippen molar-refractivity contribution in [3.63, 3.8) is 0 Å². The van der Waals surface area contributed by atoms with E-state index in [0.717, 1.165) is 18.2 Å². The SMILES string of the molecule is COC(=O)N(c1ccccc1)[C@@H]1C[C@H](N)CC[C@@H]1NC(=O)CNC(=O)c1cccc(C(F)(F)F)c1. The summed E-state index contributed by atoms with van der Waals surface area (Å²) < 4.78 is 43.7. The maximum Gasteiger partial charge on any atom is 0.416 e. The van der Waals surface area contributed by atoms with Crippen molar-refractivity contribution < 1.29 is 32.3 Å². The molecule has 0 aromatic heterocycles. The molecule has 3 atom stereocenters. The van der Waals surface area contributed by atoms with Crippen LogP contribution in [0.15, 0.2) is 54.6 Å². The summed E-state index contributed by atoms with van der Waals surface area (Å²) in [5, 5.41) is 5.16. The smallest absolute Gasteiger partial charge is 0.416 e. The van der Waals surface area contributed by atoms with Crippen LogP contribution in [0.25, 0.3) is 0 Å². The fourth-order valence-corrected chi connectivity index (χ4v) is 4.11. The number of hydrogen-bond acceptors (Lipinski definition) is 5. The van der Waals surface area contributed by atoms with Crippen LogP contribution in [0.4, 0.5) is 23.7 Å². The van der Waals surface area contributed by atoms with E-state index >= 15 is 0 Å². The molecule has 0 unspecified atom stereocenters. The molecule has 3 rings (SSSR count). The number of methoxy groups -OCH3 is 1. The van der Waals surface area contributed by atoms with Crippen molar-refractivity contribution >= 4 is 23.6 Å². The Kier molecular flexibility index (Phi) is 8.34. The number of nitrogens with one attached hydrogen (secondary N) is 2. The van der Waals surface area contributed by atoms with Gasteiger partial charge in [0.15, 0.2) is 0 Å². The van der Waals surface area contributed by atoms with E-state index in [4.69, 9.17) is 10.5 Å². The van der Waals surface area contributed by atoms with E-state index in [1.54, 1.807) is 30.3 Å². The van der Waals surface area contributed by atoms with Crippen LogP contribution in [0.5, 0.6) is 0 Å². The molecule has 11 heteroatoms. The van der Waals surface area contributed by atoms with E-state index in [1.165, 1.54) is 18.1 Å². The van der Waals surface area contributed by atoms with Gasteiger partial charge in [-0.05, 0) is 49.6 Å². The standard InChI is InChI=1S/C24H27F3N4O4/c1-35-23(34)31(18-8-3-2-4-9-18)20-13-17(28)10-11-19(20)30-21(32)14-29-22(33)15-6-5-7-16(12-15)24(25,26)27/h2-9,12,17,19-20H,10-11,13-14,28H2,1H3,(H,29,33)(H,30,32)/t17-,19+,20-/m1/s1. The molecule has 8 nitrogen and oxygen atoms in total. The van der Waals surface area contributed by atoms with Crippen LogP contribution in [-0.2, 0) is 15.7 Å². The van der Waals surface area contributed by atoms with E-state index < -0.39 is 48.3 Å². The molecule has 188 valence electrons. The minimum absolute atomic E-state index is 0.190. The van der Waals surface area contributed by atoms with Gasteiger partial charge >= 0.3 is 12.3 Å². The maximum atomic E-state index is 12.9. The number of rotatable bonds is 6. The molecule has 3 amide bonds. The molecule has 0 spiro atoms. The number of alkyl halides is 3. The Morgan fingerprint density at radius 2 is 1.80 bits per heavy atom. The third-order valence-corrected chi connectivity index (χ3v) is 5.80. The number of nitrogens with two attached hydrogens (primary N) is 1. The largest absolute Gasteiger partial charge is 0.452 e. The number of anilines is 1. The first kappa shape index (κ1) is 26.0. The molecule has 0 bridgehead atoms. The van der Waals surface area contributed by atoms with Crippen molar-refractivity contribution in [2.75, 3.05) is 18.6 Å². The predicted molar refractivity (Wildman–Crippen MR) is 123 cm³/mol.